The molecule has 0 N–H and O–H groups in total. The van der Waals surface area contributed by atoms with E-state index in [2.05, 4.69) is 0 Å². The third-order valence-corrected chi connectivity index (χ3v) is 2.46. The van der Waals surface area contributed by atoms with Crippen molar-refractivity contribution in [2.75, 3.05) is 6.61 Å². The predicted molar refractivity (Wildman–Crippen MR) is 80.6 cm³/mol. The molecule has 0 aliphatic heterocycles. The number of nitro groups is 1. The summed E-state index contributed by atoms with van der Waals surface area (Å²) in [6.45, 7) is 8.90. The molecule has 0 amide bonds. The molecule has 0 aliphatic rings. The molecule has 1 rings (SSSR count). The Balaban J connectivity index is 3.45. The molecule has 0 heterocycles. The Bertz CT molecular complexity index is 553. The summed E-state index contributed by atoms with van der Waals surface area (Å²) < 4.78 is 16.0. The standard InChI is InChI=1S/C15H21NO6/c1-6-20-15(17)11-7-12(16(18)19)14(22-10(4)5)13(8-11)21-9(2)3/h7-10H,6H2,1-5H3. The monoisotopic (exact) mass is 311 g/mol. The van der Waals surface area contributed by atoms with Gasteiger partial charge < -0.3 is 14.2 Å². The molecule has 0 aromatic heterocycles. The van der Waals surface area contributed by atoms with Crippen LogP contribution < -0.4 is 9.47 Å². The first-order valence-electron chi connectivity index (χ1n) is 7.09. The molecule has 122 valence electrons. The van der Waals surface area contributed by atoms with Gasteiger partial charge in [-0.1, -0.05) is 0 Å². The molecule has 0 unspecified atom stereocenters. The number of esters is 1. The van der Waals surface area contributed by atoms with Crippen LogP contribution >= 0.6 is 0 Å². The third kappa shape index (κ3) is 4.61. The van der Waals surface area contributed by atoms with Crippen LogP contribution in [0.3, 0.4) is 0 Å². The van der Waals surface area contributed by atoms with Crippen molar-refractivity contribution >= 4 is 11.7 Å². The number of hydrogen-bond acceptors (Lipinski definition) is 6. The van der Waals surface area contributed by atoms with Crippen molar-refractivity contribution in [1.29, 1.82) is 0 Å². The van der Waals surface area contributed by atoms with E-state index in [0.717, 1.165) is 6.07 Å². The average Bonchev–Trinajstić information content (AvgIpc) is 2.39. The Morgan fingerprint density at radius 3 is 2.23 bits per heavy atom. The number of nitro benzene ring substituents is 1. The van der Waals surface area contributed by atoms with Gasteiger partial charge in [-0.2, -0.15) is 0 Å². The fourth-order valence-electron chi connectivity index (χ4n) is 1.75. The highest BCUT2D eigenvalue weighted by Crippen LogP contribution is 2.39. The first kappa shape index (κ1) is 17.7. The number of rotatable bonds is 7. The van der Waals surface area contributed by atoms with Gasteiger partial charge in [0.2, 0.25) is 5.75 Å². The summed E-state index contributed by atoms with van der Waals surface area (Å²) >= 11 is 0. The van der Waals surface area contributed by atoms with Gasteiger partial charge in [-0.25, -0.2) is 4.79 Å². The Morgan fingerprint density at radius 2 is 1.77 bits per heavy atom. The highest BCUT2D eigenvalue weighted by Gasteiger charge is 2.26. The maximum Gasteiger partial charge on any atom is 0.338 e. The van der Waals surface area contributed by atoms with Crippen LogP contribution in [0.4, 0.5) is 5.69 Å². The zero-order chi connectivity index (χ0) is 16.9. The van der Waals surface area contributed by atoms with Crippen LogP contribution in [0.25, 0.3) is 0 Å². The van der Waals surface area contributed by atoms with Crippen LogP contribution in [0.15, 0.2) is 12.1 Å². The van der Waals surface area contributed by atoms with E-state index in [-0.39, 0.29) is 41.6 Å². The minimum atomic E-state index is -0.643. The van der Waals surface area contributed by atoms with Crippen molar-refractivity contribution in [3.05, 3.63) is 27.8 Å². The van der Waals surface area contributed by atoms with Crippen LogP contribution in [-0.4, -0.2) is 29.7 Å². The molecule has 0 atom stereocenters. The normalized spacial score (nSPS) is 10.7. The van der Waals surface area contributed by atoms with Crippen molar-refractivity contribution in [3.8, 4) is 11.5 Å². The van der Waals surface area contributed by atoms with Crippen LogP contribution in [0.1, 0.15) is 45.0 Å². The second-order valence-electron chi connectivity index (χ2n) is 5.13. The number of nitrogens with zero attached hydrogens (tertiary/aromatic N) is 1. The first-order chi connectivity index (χ1) is 10.3. The SMILES string of the molecule is CCOC(=O)c1cc(OC(C)C)c(OC(C)C)c([N+](=O)[O-])c1. The molecule has 0 radical (unpaired) electrons. The molecule has 0 bridgehead atoms. The third-order valence-electron chi connectivity index (χ3n) is 2.46. The van der Waals surface area contributed by atoms with Crippen LogP contribution in [0, 0.1) is 10.1 Å². The number of hydrogen-bond donors (Lipinski definition) is 0. The van der Waals surface area contributed by atoms with E-state index >= 15 is 0 Å². The summed E-state index contributed by atoms with van der Waals surface area (Å²) in [5.74, 6) is -0.474. The Hall–Kier alpha value is -2.31. The second kappa shape index (κ2) is 7.63. The molecular weight excluding hydrogens is 290 g/mol. The molecule has 0 saturated heterocycles. The summed E-state index contributed by atoms with van der Waals surface area (Å²) in [4.78, 5) is 22.5. The van der Waals surface area contributed by atoms with E-state index < -0.39 is 10.9 Å². The summed E-state index contributed by atoms with van der Waals surface area (Å²) in [7, 11) is 0. The van der Waals surface area contributed by atoms with Crippen molar-refractivity contribution in [3.63, 3.8) is 0 Å². The van der Waals surface area contributed by atoms with Gasteiger partial charge in [0.05, 0.1) is 29.3 Å². The minimum Gasteiger partial charge on any atom is -0.487 e. The topological polar surface area (TPSA) is 87.9 Å². The van der Waals surface area contributed by atoms with Crippen LogP contribution in [0.5, 0.6) is 11.5 Å². The quantitative estimate of drug-likeness (QED) is 0.436. The Labute approximate surface area is 129 Å². The first-order valence-corrected chi connectivity index (χ1v) is 7.09. The van der Waals surface area contributed by atoms with Gasteiger partial charge in [-0.3, -0.25) is 10.1 Å². The van der Waals surface area contributed by atoms with E-state index in [1.165, 1.54) is 6.07 Å². The Morgan fingerprint density at radius 1 is 1.18 bits per heavy atom. The lowest BCUT2D eigenvalue weighted by molar-refractivity contribution is -0.386. The van der Waals surface area contributed by atoms with Crippen molar-refractivity contribution in [2.45, 2.75) is 46.8 Å². The minimum absolute atomic E-state index is 0.0155. The number of ether oxygens (including phenoxy) is 3. The van der Waals surface area contributed by atoms with E-state index in [0.29, 0.717) is 0 Å². The summed E-state index contributed by atoms with van der Waals surface area (Å²) in [5, 5.41) is 11.3. The van der Waals surface area contributed by atoms with Gasteiger partial charge in [0.25, 0.3) is 0 Å². The van der Waals surface area contributed by atoms with Gasteiger partial charge in [0, 0.05) is 6.07 Å². The lowest BCUT2D eigenvalue weighted by atomic mass is 10.1. The average molecular weight is 311 g/mol. The summed E-state index contributed by atoms with van der Waals surface area (Å²) in [5.41, 5.74) is -0.268. The summed E-state index contributed by atoms with van der Waals surface area (Å²) in [6.07, 6.45) is -0.506. The highest BCUT2D eigenvalue weighted by atomic mass is 16.6. The molecule has 1 aromatic carbocycles. The number of carbonyl (C=O) groups is 1. The smallest absolute Gasteiger partial charge is 0.338 e. The van der Waals surface area contributed by atoms with Gasteiger partial charge in [0.15, 0.2) is 5.75 Å². The predicted octanol–water partition coefficient (Wildman–Crippen LogP) is 3.35. The van der Waals surface area contributed by atoms with Crippen LogP contribution in [0.2, 0.25) is 0 Å². The molecule has 22 heavy (non-hydrogen) atoms. The second-order valence-corrected chi connectivity index (χ2v) is 5.13. The van der Waals surface area contributed by atoms with E-state index in [4.69, 9.17) is 14.2 Å². The van der Waals surface area contributed by atoms with Crippen molar-refractivity contribution in [1.82, 2.24) is 0 Å². The van der Waals surface area contributed by atoms with Gasteiger partial charge >= 0.3 is 11.7 Å². The largest absolute Gasteiger partial charge is 0.487 e. The number of carbonyl (C=O) groups excluding carboxylic acids is 1. The zero-order valence-electron chi connectivity index (χ0n) is 13.4. The Kier molecular flexibility index (Phi) is 6.15. The van der Waals surface area contributed by atoms with Gasteiger partial charge in [-0.15, -0.1) is 0 Å². The molecule has 0 aliphatic carbocycles. The fraction of sp³-hybridized carbons (Fsp3) is 0.533. The molecule has 7 heteroatoms. The molecule has 0 spiro atoms. The molecule has 7 nitrogen and oxygen atoms in total. The lowest BCUT2D eigenvalue weighted by Gasteiger charge is -2.17. The van der Waals surface area contributed by atoms with E-state index in [1.807, 2.05) is 0 Å². The number of benzene rings is 1. The molecule has 0 saturated carbocycles. The highest BCUT2D eigenvalue weighted by molar-refractivity contribution is 5.91. The van der Waals surface area contributed by atoms with E-state index in [1.54, 1.807) is 34.6 Å². The summed E-state index contributed by atoms with van der Waals surface area (Å²) in [6, 6.07) is 2.55. The fourth-order valence-corrected chi connectivity index (χ4v) is 1.75. The van der Waals surface area contributed by atoms with Crippen molar-refractivity contribution < 1.29 is 23.9 Å². The van der Waals surface area contributed by atoms with Crippen molar-refractivity contribution in [2.24, 2.45) is 0 Å². The van der Waals surface area contributed by atoms with Crippen LogP contribution in [-0.2, 0) is 4.74 Å². The van der Waals surface area contributed by atoms with E-state index in [9.17, 15) is 14.9 Å². The molecular formula is C15H21NO6. The molecule has 1 aromatic rings. The zero-order valence-corrected chi connectivity index (χ0v) is 13.4. The maximum absolute atomic E-state index is 11.8. The lowest BCUT2D eigenvalue weighted by Crippen LogP contribution is -2.14. The maximum atomic E-state index is 11.8. The molecule has 0 fully saturated rings. The van der Waals surface area contributed by atoms with Gasteiger partial charge in [0.1, 0.15) is 0 Å². The van der Waals surface area contributed by atoms with Gasteiger partial charge in [-0.05, 0) is 40.7 Å².